The molecule has 1 aromatic heterocycles. The smallest absolute Gasteiger partial charge is 0.201 e. The van der Waals surface area contributed by atoms with E-state index in [1.807, 2.05) is 0 Å². The van der Waals surface area contributed by atoms with Crippen LogP contribution >= 0.6 is 0 Å². The predicted molar refractivity (Wildman–Crippen MR) is 72.9 cm³/mol. The maximum absolute atomic E-state index is 13.0. The molecule has 0 bridgehead atoms. The summed E-state index contributed by atoms with van der Waals surface area (Å²) in [5.74, 6) is -2.34. The van der Waals surface area contributed by atoms with Gasteiger partial charge >= 0.3 is 0 Å². The zero-order valence-corrected chi connectivity index (χ0v) is 10.5. The summed E-state index contributed by atoms with van der Waals surface area (Å²) in [6.45, 7) is 0. The Bertz CT molecular complexity index is 914. The topological polar surface area (TPSA) is 90.9 Å². The molecule has 0 unspecified atom stereocenters. The first-order valence-corrected chi connectivity index (χ1v) is 5.95. The maximum atomic E-state index is 13.0. The van der Waals surface area contributed by atoms with Crippen molar-refractivity contribution in [3.05, 3.63) is 52.4 Å². The van der Waals surface area contributed by atoms with Crippen molar-refractivity contribution in [1.82, 2.24) is 0 Å². The fourth-order valence-corrected chi connectivity index (χ4v) is 2.00. The van der Waals surface area contributed by atoms with Gasteiger partial charge in [-0.2, -0.15) is 0 Å². The normalized spacial score (nSPS) is 10.9. The van der Waals surface area contributed by atoms with Crippen LogP contribution < -0.4 is 5.43 Å². The standard InChI is InChI=1S/C15H9FO5/c16-9-3-1-7(5-12(9)19)13-6-11(18)8-2-4-10(17)14(20)15(8)21-13/h1-6,17,19-20H. The largest absolute Gasteiger partial charge is 0.505 e. The SMILES string of the molecule is O=c1cc(-c2ccc(F)c(O)c2)oc2c(O)c(O)ccc12. The second-order valence-electron chi connectivity index (χ2n) is 4.45. The second kappa shape index (κ2) is 4.52. The van der Waals surface area contributed by atoms with E-state index in [4.69, 9.17) is 4.42 Å². The fourth-order valence-electron chi connectivity index (χ4n) is 2.00. The molecule has 5 nitrogen and oxygen atoms in total. The van der Waals surface area contributed by atoms with Crippen molar-refractivity contribution in [2.45, 2.75) is 0 Å². The molecule has 0 spiro atoms. The van der Waals surface area contributed by atoms with Crippen molar-refractivity contribution in [1.29, 1.82) is 0 Å². The summed E-state index contributed by atoms with van der Waals surface area (Å²) in [7, 11) is 0. The minimum atomic E-state index is -0.803. The Morgan fingerprint density at radius 1 is 0.952 bits per heavy atom. The van der Waals surface area contributed by atoms with Crippen LogP contribution in [0.15, 0.2) is 45.6 Å². The Kier molecular flexibility index (Phi) is 2.79. The van der Waals surface area contributed by atoms with Crippen LogP contribution in [0.4, 0.5) is 4.39 Å². The van der Waals surface area contributed by atoms with Crippen molar-refractivity contribution < 1.29 is 24.1 Å². The lowest BCUT2D eigenvalue weighted by atomic mass is 10.1. The van der Waals surface area contributed by atoms with E-state index >= 15 is 0 Å². The summed E-state index contributed by atoms with van der Waals surface area (Å²) < 4.78 is 18.4. The van der Waals surface area contributed by atoms with Gasteiger partial charge in [-0.3, -0.25) is 4.79 Å². The molecule has 0 fully saturated rings. The minimum Gasteiger partial charge on any atom is -0.505 e. The Labute approximate surface area is 117 Å². The quantitative estimate of drug-likeness (QED) is 0.599. The molecule has 0 atom stereocenters. The third-order valence-electron chi connectivity index (χ3n) is 3.08. The molecule has 0 aliphatic carbocycles. The highest BCUT2D eigenvalue weighted by molar-refractivity contribution is 5.86. The first-order chi connectivity index (χ1) is 9.97. The van der Waals surface area contributed by atoms with Gasteiger partial charge in [-0.05, 0) is 30.3 Å². The van der Waals surface area contributed by atoms with Crippen LogP contribution in [-0.2, 0) is 0 Å². The van der Waals surface area contributed by atoms with Gasteiger partial charge in [-0.25, -0.2) is 4.39 Å². The summed E-state index contributed by atoms with van der Waals surface area (Å²) >= 11 is 0. The van der Waals surface area contributed by atoms with E-state index in [1.54, 1.807) is 0 Å². The summed E-state index contributed by atoms with van der Waals surface area (Å²) in [6.07, 6.45) is 0. The average Bonchev–Trinajstić information content (AvgIpc) is 2.46. The first kappa shape index (κ1) is 13.0. The number of fused-ring (bicyclic) bond motifs is 1. The zero-order valence-electron chi connectivity index (χ0n) is 10.5. The molecule has 2 aromatic carbocycles. The van der Waals surface area contributed by atoms with Crippen molar-refractivity contribution >= 4 is 11.0 Å². The van der Waals surface area contributed by atoms with Crippen molar-refractivity contribution in [3.63, 3.8) is 0 Å². The molecule has 0 aliphatic rings. The monoisotopic (exact) mass is 288 g/mol. The molecule has 106 valence electrons. The highest BCUT2D eigenvalue weighted by Gasteiger charge is 2.14. The van der Waals surface area contributed by atoms with E-state index < -0.39 is 28.5 Å². The Morgan fingerprint density at radius 3 is 2.43 bits per heavy atom. The zero-order chi connectivity index (χ0) is 15.1. The van der Waals surface area contributed by atoms with Gasteiger partial charge < -0.3 is 19.7 Å². The van der Waals surface area contributed by atoms with E-state index in [2.05, 4.69) is 0 Å². The van der Waals surface area contributed by atoms with Gasteiger partial charge in [-0.1, -0.05) is 0 Å². The lowest BCUT2D eigenvalue weighted by molar-refractivity contribution is 0.400. The molecule has 6 heteroatoms. The van der Waals surface area contributed by atoms with Crippen molar-refractivity contribution in [2.24, 2.45) is 0 Å². The van der Waals surface area contributed by atoms with Gasteiger partial charge in [0.25, 0.3) is 0 Å². The Morgan fingerprint density at radius 2 is 1.71 bits per heavy atom. The number of benzene rings is 2. The Balaban J connectivity index is 2.31. The van der Waals surface area contributed by atoms with Crippen LogP contribution in [0.1, 0.15) is 0 Å². The van der Waals surface area contributed by atoms with E-state index in [0.29, 0.717) is 0 Å². The molecule has 0 radical (unpaired) electrons. The number of hydrogen-bond donors (Lipinski definition) is 3. The molecule has 0 aliphatic heterocycles. The number of hydrogen-bond acceptors (Lipinski definition) is 5. The van der Waals surface area contributed by atoms with Crippen molar-refractivity contribution in [3.8, 4) is 28.6 Å². The van der Waals surface area contributed by atoms with Gasteiger partial charge in [0.15, 0.2) is 28.3 Å². The number of aromatic hydroxyl groups is 3. The molecule has 3 aromatic rings. The minimum absolute atomic E-state index is 0.0312. The molecule has 0 amide bonds. The van der Waals surface area contributed by atoms with Crippen LogP contribution in [0.25, 0.3) is 22.3 Å². The number of phenols is 3. The van der Waals surface area contributed by atoms with Gasteiger partial charge in [0.1, 0.15) is 5.76 Å². The number of halogens is 1. The predicted octanol–water partition coefficient (Wildman–Crippen LogP) is 2.72. The van der Waals surface area contributed by atoms with Gasteiger partial charge in [0.2, 0.25) is 5.75 Å². The van der Waals surface area contributed by atoms with Crippen LogP contribution in [0, 0.1) is 5.82 Å². The molecule has 1 heterocycles. The average molecular weight is 288 g/mol. The lowest BCUT2D eigenvalue weighted by Crippen LogP contribution is -2.00. The van der Waals surface area contributed by atoms with E-state index in [0.717, 1.165) is 18.2 Å². The Hall–Kier alpha value is -3.02. The highest BCUT2D eigenvalue weighted by atomic mass is 19.1. The first-order valence-electron chi connectivity index (χ1n) is 5.95. The molecule has 0 saturated heterocycles. The molecule has 3 N–H and O–H groups in total. The van der Waals surface area contributed by atoms with Crippen LogP contribution in [0.5, 0.6) is 17.2 Å². The second-order valence-corrected chi connectivity index (χ2v) is 4.45. The molecule has 21 heavy (non-hydrogen) atoms. The van der Waals surface area contributed by atoms with Crippen LogP contribution in [-0.4, -0.2) is 15.3 Å². The van der Waals surface area contributed by atoms with Crippen molar-refractivity contribution in [2.75, 3.05) is 0 Å². The lowest BCUT2D eigenvalue weighted by Gasteiger charge is -2.06. The van der Waals surface area contributed by atoms with Gasteiger partial charge in [0, 0.05) is 11.6 Å². The molecule has 3 rings (SSSR count). The van der Waals surface area contributed by atoms with E-state index in [-0.39, 0.29) is 22.3 Å². The van der Waals surface area contributed by atoms with Crippen LogP contribution in [0.3, 0.4) is 0 Å². The number of phenolic OH excluding ortho intramolecular Hbond substituents is 3. The summed E-state index contributed by atoms with van der Waals surface area (Å²) in [5.41, 5.74) is -0.359. The summed E-state index contributed by atoms with van der Waals surface area (Å²) in [4.78, 5) is 12.0. The van der Waals surface area contributed by atoms with Gasteiger partial charge in [0.05, 0.1) is 5.39 Å². The molecular weight excluding hydrogens is 279 g/mol. The van der Waals surface area contributed by atoms with E-state index in [1.165, 1.54) is 18.2 Å². The summed E-state index contributed by atoms with van der Waals surface area (Å²) in [5, 5.41) is 28.7. The molecular formula is C15H9FO5. The molecule has 0 saturated carbocycles. The summed E-state index contributed by atoms with van der Waals surface area (Å²) in [6, 6.07) is 7.10. The highest BCUT2D eigenvalue weighted by Crippen LogP contribution is 2.34. The maximum Gasteiger partial charge on any atom is 0.201 e. The third-order valence-corrected chi connectivity index (χ3v) is 3.08. The number of rotatable bonds is 1. The van der Waals surface area contributed by atoms with E-state index in [9.17, 15) is 24.5 Å². The third kappa shape index (κ3) is 2.06. The van der Waals surface area contributed by atoms with Gasteiger partial charge in [-0.15, -0.1) is 0 Å². The fraction of sp³-hybridized carbons (Fsp3) is 0. The van der Waals surface area contributed by atoms with Crippen LogP contribution in [0.2, 0.25) is 0 Å².